The summed E-state index contributed by atoms with van der Waals surface area (Å²) in [5.41, 5.74) is 3.41. The van der Waals surface area contributed by atoms with Crippen molar-refractivity contribution in [3.05, 3.63) is 115 Å². The molecule has 2 aliphatic heterocycles. The van der Waals surface area contributed by atoms with Crippen LogP contribution in [-0.4, -0.2) is 138 Å². The maximum Gasteiger partial charge on any atom is 0.410 e. The molecule has 8 aromatic rings. The summed E-state index contributed by atoms with van der Waals surface area (Å²) in [6, 6.07) is 14.8. The van der Waals surface area contributed by atoms with Crippen LogP contribution in [0.5, 0.6) is 0 Å². The average molecular weight is 1520 g/mol. The van der Waals surface area contributed by atoms with Crippen molar-refractivity contribution in [3.63, 3.8) is 0 Å². The van der Waals surface area contributed by atoms with E-state index in [1.165, 1.54) is 49.1 Å². The zero-order valence-corrected chi connectivity index (χ0v) is 60.5. The Labute approximate surface area is 585 Å². The minimum Gasteiger partial charge on any atom is -0.444 e. The number of fused-ring (bicyclic) bond motifs is 8. The zero-order chi connectivity index (χ0) is 66.7. The number of hydrogen-bond acceptors (Lipinski definition) is 14. The summed E-state index contributed by atoms with van der Waals surface area (Å²) in [7, 11) is -1.86. The topological polar surface area (TPSA) is 294 Å². The number of aromatic amines is 4. The fourth-order valence-corrected chi connectivity index (χ4v) is 18.7. The van der Waals surface area contributed by atoms with Crippen LogP contribution >= 0.6 is 85.4 Å². The van der Waals surface area contributed by atoms with E-state index in [9.17, 15) is 41.7 Å². The predicted molar refractivity (Wildman–Crippen MR) is 374 cm³/mol. The average Bonchev–Trinajstić information content (AvgIpc) is 1.59. The van der Waals surface area contributed by atoms with Gasteiger partial charge in [-0.15, -0.1) is 12.4 Å². The van der Waals surface area contributed by atoms with Crippen molar-refractivity contribution in [2.24, 2.45) is 47.3 Å². The first kappa shape index (κ1) is 72.4. The second kappa shape index (κ2) is 28.5. The first-order valence-electron chi connectivity index (χ1n) is 31.4. The van der Waals surface area contributed by atoms with E-state index in [0.717, 1.165) is 96.7 Å². The second-order valence-electron chi connectivity index (χ2n) is 27.9. The predicted octanol–water partition coefficient (Wildman–Crippen LogP) is 14.4. The largest absolute Gasteiger partial charge is 0.444 e. The standard InChI is InChI=1S/C15H18ClN3O3S.2C15H17ClN2O.C12H19NO3.C7H4BrClN2.CH3ClO2S.ClH/c1-23(21,22)19-7-9-4-15(20,5-10(9)8-19)13-2-11(16)3-14-12(13)6-17-18-14;2*16-11-4-13(12-8-17-18-14(12)5-11)15(19)6-9-2-1-3-10(9)7-15;1-12(2,3)16-11(15)13-6-8-4-10(14)5-9(8)7-13;8-6-1-4(9)2-7-5(6)3-10-11-7;1-5(2,3)4;/h2-3,6,9-10,20H,4-5,7-8H2,1H3,(H,17,18);2*4-5,8-10,19H,1-3,6-7H2,(H,17,18);8-9H,4-7H2,1-3H3;1-3H,(H,10,11);1H3;1H/t3*9-,10+,15?;8-,9+;;;. The number of nitrogens with one attached hydrogen (secondary N) is 4. The second-order valence-corrected chi connectivity index (χ2v) is 35.6. The third-order valence-corrected chi connectivity index (χ3v) is 22.8. The lowest BCUT2D eigenvalue weighted by atomic mass is 9.87. The number of ether oxygens (including phenoxy) is 1. The molecule has 6 heterocycles. The van der Waals surface area contributed by atoms with Gasteiger partial charge in [0.15, 0.2) is 0 Å². The number of rotatable bonds is 4. The number of carbonyl (C=O) groups is 2. The van der Waals surface area contributed by atoms with E-state index in [2.05, 4.69) is 67.4 Å². The van der Waals surface area contributed by atoms with Gasteiger partial charge in [-0.1, -0.05) is 84.9 Å². The van der Waals surface area contributed by atoms with Crippen LogP contribution in [0.15, 0.2) is 77.8 Å². The molecule has 20 nitrogen and oxygen atoms in total. The van der Waals surface area contributed by atoms with Crippen molar-refractivity contribution in [3.8, 4) is 0 Å². The Morgan fingerprint density at radius 2 is 0.851 bits per heavy atom. The van der Waals surface area contributed by atoms with E-state index in [1.807, 2.05) is 57.2 Å². The van der Waals surface area contributed by atoms with Crippen LogP contribution in [-0.2, 0) is 45.4 Å². The Hall–Kier alpha value is -4.34. The van der Waals surface area contributed by atoms with Crippen molar-refractivity contribution >= 4 is 160 Å². The van der Waals surface area contributed by atoms with Gasteiger partial charge in [0.25, 0.3) is 0 Å². The highest BCUT2D eigenvalue weighted by Crippen LogP contribution is 2.56. The molecule has 4 aromatic heterocycles. The molecule has 6 aliphatic carbocycles. The van der Waals surface area contributed by atoms with Gasteiger partial charge in [-0.2, -0.15) is 20.4 Å². The molecule has 3 unspecified atom stereocenters. The number of sulfonamides is 1. The molecule has 6 saturated carbocycles. The fourth-order valence-electron chi connectivity index (χ4n) is 16.2. The summed E-state index contributed by atoms with van der Waals surface area (Å²) in [5, 5.41) is 67.7. The number of nitrogens with zero attached hydrogens (tertiary/aromatic N) is 6. The van der Waals surface area contributed by atoms with Crippen molar-refractivity contribution in [1.82, 2.24) is 50.0 Å². The summed E-state index contributed by atoms with van der Waals surface area (Å²) in [4.78, 5) is 24.8. The number of benzene rings is 4. The van der Waals surface area contributed by atoms with Crippen molar-refractivity contribution in [2.45, 2.75) is 133 Å². The Morgan fingerprint density at radius 3 is 1.18 bits per heavy atom. The lowest BCUT2D eigenvalue weighted by Gasteiger charge is -2.26. The summed E-state index contributed by atoms with van der Waals surface area (Å²) in [6.45, 7) is 7.94. The number of Topliss-reactive ketones (excluding diaryl/α,β-unsaturated/α-hetero) is 1. The molecule has 510 valence electrons. The number of ketones is 1. The molecule has 0 bridgehead atoms. The van der Waals surface area contributed by atoms with Gasteiger partial charge >= 0.3 is 6.09 Å². The van der Waals surface area contributed by atoms with Crippen molar-refractivity contribution in [2.75, 3.05) is 38.7 Å². The third kappa shape index (κ3) is 16.7. The molecule has 8 aliphatic rings. The maximum atomic E-state index is 11.8. The number of amides is 1. The van der Waals surface area contributed by atoms with Gasteiger partial charge in [0.1, 0.15) is 11.4 Å². The van der Waals surface area contributed by atoms with Crippen LogP contribution in [0.2, 0.25) is 20.1 Å². The zero-order valence-electron chi connectivity index (χ0n) is 52.7. The van der Waals surface area contributed by atoms with E-state index in [-0.39, 0.29) is 30.3 Å². The maximum absolute atomic E-state index is 11.8. The highest BCUT2D eigenvalue weighted by Gasteiger charge is 2.52. The number of halogens is 7. The van der Waals surface area contributed by atoms with Crippen LogP contribution in [0.1, 0.15) is 127 Å². The molecule has 1 amide bonds. The number of hydrogen-bond donors (Lipinski definition) is 7. The van der Waals surface area contributed by atoms with E-state index < -0.39 is 41.5 Å². The summed E-state index contributed by atoms with van der Waals surface area (Å²) in [6.07, 6.45) is 22.6. The van der Waals surface area contributed by atoms with Gasteiger partial charge in [-0.25, -0.2) is 25.9 Å². The Bertz CT molecular complexity index is 4140. The van der Waals surface area contributed by atoms with Crippen LogP contribution in [0, 0.1) is 47.3 Å². The number of H-pyrrole nitrogens is 4. The number of aliphatic hydroxyl groups is 3. The summed E-state index contributed by atoms with van der Waals surface area (Å²) < 4.78 is 50.0. The first-order chi connectivity index (χ1) is 43.7. The van der Waals surface area contributed by atoms with E-state index >= 15 is 0 Å². The molecule has 8 fully saturated rings. The van der Waals surface area contributed by atoms with Gasteiger partial charge in [0, 0.05) is 95.8 Å². The molecular weight excluding hydrogens is 1440 g/mol. The minimum atomic E-state index is -3.19. The quantitative estimate of drug-likeness (QED) is 0.0807. The monoisotopic (exact) mass is 1510 g/mol. The third-order valence-electron chi connectivity index (χ3n) is 20.0. The van der Waals surface area contributed by atoms with E-state index in [0.29, 0.717) is 113 Å². The van der Waals surface area contributed by atoms with Crippen LogP contribution in [0.25, 0.3) is 43.6 Å². The summed E-state index contributed by atoms with van der Waals surface area (Å²) >= 11 is 27.7. The number of likely N-dealkylation sites (tertiary alicyclic amines) is 1. The molecule has 0 spiro atoms. The smallest absolute Gasteiger partial charge is 0.410 e. The number of aromatic nitrogens is 8. The highest BCUT2D eigenvalue weighted by molar-refractivity contribution is 9.10. The molecule has 2 saturated heterocycles. The van der Waals surface area contributed by atoms with E-state index in [4.69, 9.17) is 51.1 Å². The molecule has 0 radical (unpaired) electrons. The van der Waals surface area contributed by atoms with Gasteiger partial charge in [-0.3, -0.25) is 25.2 Å². The van der Waals surface area contributed by atoms with Gasteiger partial charge in [0.2, 0.25) is 19.1 Å². The number of carbonyl (C=O) groups excluding carboxylic acids is 2. The van der Waals surface area contributed by atoms with Crippen LogP contribution < -0.4 is 0 Å². The lowest BCUT2D eigenvalue weighted by Crippen LogP contribution is -2.36. The fraction of sp³-hybridized carbons (Fsp3) is 0.538. The van der Waals surface area contributed by atoms with Gasteiger partial charge in [0.05, 0.1) is 76.2 Å². The summed E-state index contributed by atoms with van der Waals surface area (Å²) in [5.74, 6) is 4.19. The van der Waals surface area contributed by atoms with Crippen LogP contribution in [0.4, 0.5) is 4.79 Å². The van der Waals surface area contributed by atoms with Gasteiger partial charge < -0.3 is 25.0 Å². The van der Waals surface area contributed by atoms with Crippen LogP contribution in [0.3, 0.4) is 0 Å². The lowest BCUT2D eigenvalue weighted by molar-refractivity contribution is -0.118. The normalized spacial score (nSPS) is 28.4. The minimum absolute atomic E-state index is 0. The Morgan fingerprint density at radius 1 is 0.543 bits per heavy atom. The van der Waals surface area contributed by atoms with E-state index in [1.54, 1.807) is 41.8 Å². The van der Waals surface area contributed by atoms with Gasteiger partial charge in [-0.05, 0) is 188 Å². The first-order valence-corrected chi connectivity index (χ1v) is 38.3. The molecule has 7 N–H and O–H groups in total. The SMILES string of the molecule is CC(C)(C)OC(=O)N1C[C@H]2CC(=O)C[C@H]2C1.CS(=O)(=O)Cl.CS(=O)(=O)N1C[C@@H]2CC(O)(c3cc(Cl)cc4[nH]ncc34)C[C@@H]2C1.Cl.Clc1cc(Br)c2cn[nH]c2c1.OC1(c2cc(Cl)cc3[nH]ncc23)C[C@H]2CCC[C@H]2C1.OC1(c2cc(Cl)cc3[nH]ncc23)C[C@H]2CCC[C@H]2C1. The Kier molecular flexibility index (Phi) is 21.9. The Balaban J connectivity index is 0.000000127. The van der Waals surface area contributed by atoms with Crippen molar-refractivity contribution in [1.29, 1.82) is 0 Å². The molecular formula is C65H79BrCl6N10O10S2. The highest BCUT2D eigenvalue weighted by atomic mass is 79.9. The molecule has 11 atom stereocenters. The molecule has 94 heavy (non-hydrogen) atoms. The molecule has 16 rings (SSSR count). The molecule has 29 heteroatoms. The molecule has 4 aromatic carbocycles. The van der Waals surface area contributed by atoms with Crippen molar-refractivity contribution < 1.29 is 46.5 Å².